The maximum Gasteiger partial charge on any atom is 0.344 e. The third-order valence-electron chi connectivity index (χ3n) is 14.3. The SMILES string of the molecule is CC1Sc2c(C(=O)OCCCCCCCCCCC(=O)Oc3ccc(N(C)C)c4c3C(O)=C3C(=O)[C@@]5(O)C(O)=C(C(N)=O)C(=O)[C@H](N(C)C)[C@H]5C[C@H]3C4)c(=O)c3cc(F)c(N4CCNCC4)cc3n21. The van der Waals surface area contributed by atoms with Crippen LogP contribution in [-0.4, -0.2) is 127 Å². The fourth-order valence-corrected chi connectivity index (χ4v) is 12.1. The number of likely N-dealkylation sites (N-methyl/N-ethyl adjacent to an activating group) is 1. The Balaban J connectivity index is 0.816. The summed E-state index contributed by atoms with van der Waals surface area (Å²) in [6, 6.07) is 5.11. The number of aliphatic hydroxyl groups is 3. The van der Waals surface area contributed by atoms with Crippen molar-refractivity contribution in [2.24, 2.45) is 17.6 Å². The average Bonchev–Trinajstić information content (AvgIpc) is 3.29. The van der Waals surface area contributed by atoms with Crippen LogP contribution in [0, 0.1) is 17.7 Å². The second-order valence-electron chi connectivity index (χ2n) is 19.1. The van der Waals surface area contributed by atoms with Crippen LogP contribution in [0.15, 0.2) is 51.0 Å². The van der Waals surface area contributed by atoms with Crippen molar-refractivity contribution in [3.63, 3.8) is 0 Å². The number of aromatic nitrogens is 1. The third kappa shape index (κ3) is 8.91. The van der Waals surface area contributed by atoms with Crippen LogP contribution in [0.5, 0.6) is 5.75 Å². The predicted octanol–water partition coefficient (Wildman–Crippen LogP) is 5.09. The summed E-state index contributed by atoms with van der Waals surface area (Å²) >= 11 is 1.42. The molecule has 17 nitrogen and oxygen atoms in total. The minimum Gasteiger partial charge on any atom is -0.508 e. The number of hydrogen-bond acceptors (Lipinski definition) is 16. The van der Waals surface area contributed by atoms with Gasteiger partial charge in [-0.15, -0.1) is 0 Å². The number of hydrogen-bond donors (Lipinski definition) is 5. The first-order valence-electron chi connectivity index (χ1n) is 23.8. The highest BCUT2D eigenvalue weighted by atomic mass is 32.2. The number of rotatable bonds is 17. The number of nitrogens with one attached hydrogen (secondary N) is 1. The molecule has 1 unspecified atom stereocenters. The molecule has 19 heteroatoms. The molecule has 3 aromatic rings. The molecule has 0 bridgehead atoms. The maximum atomic E-state index is 15.3. The minimum absolute atomic E-state index is 0.00188. The molecule has 3 aliphatic carbocycles. The van der Waals surface area contributed by atoms with Crippen molar-refractivity contribution in [2.45, 2.75) is 99.6 Å². The number of unbranched alkanes of at least 4 members (excludes halogenated alkanes) is 7. The highest BCUT2D eigenvalue weighted by Crippen LogP contribution is 2.54. The number of aliphatic hydroxyl groups excluding tert-OH is 2. The van der Waals surface area contributed by atoms with E-state index in [0.29, 0.717) is 53.4 Å². The van der Waals surface area contributed by atoms with Gasteiger partial charge in [0.15, 0.2) is 11.4 Å². The van der Waals surface area contributed by atoms with Gasteiger partial charge < -0.3 is 50.2 Å². The lowest BCUT2D eigenvalue weighted by molar-refractivity contribution is -0.153. The molecule has 0 spiro atoms. The van der Waals surface area contributed by atoms with Crippen LogP contribution in [0.4, 0.5) is 15.8 Å². The highest BCUT2D eigenvalue weighted by Gasteiger charge is 2.64. The largest absolute Gasteiger partial charge is 0.508 e. The highest BCUT2D eigenvalue weighted by molar-refractivity contribution is 8.00. The first-order chi connectivity index (χ1) is 32.9. The van der Waals surface area contributed by atoms with Crippen molar-refractivity contribution < 1.29 is 53.2 Å². The average molecular weight is 973 g/mol. The van der Waals surface area contributed by atoms with Crippen LogP contribution in [-0.2, 0) is 30.3 Å². The van der Waals surface area contributed by atoms with E-state index >= 15 is 4.39 Å². The fourth-order valence-electron chi connectivity index (χ4n) is 10.9. The number of nitrogens with zero attached hydrogens (tertiary/aromatic N) is 4. The van der Waals surface area contributed by atoms with Gasteiger partial charge in [-0.25, -0.2) is 9.18 Å². The maximum absolute atomic E-state index is 15.3. The van der Waals surface area contributed by atoms with Crippen molar-refractivity contribution in [3.05, 3.63) is 73.9 Å². The molecular weight excluding hydrogens is 912 g/mol. The lowest BCUT2D eigenvalue weighted by Crippen LogP contribution is -2.65. The van der Waals surface area contributed by atoms with Crippen molar-refractivity contribution >= 4 is 69.2 Å². The van der Waals surface area contributed by atoms with Gasteiger partial charge in [-0.05, 0) is 82.4 Å². The number of benzene rings is 2. The van der Waals surface area contributed by atoms with E-state index in [1.54, 1.807) is 26.2 Å². The van der Waals surface area contributed by atoms with Gasteiger partial charge in [-0.2, -0.15) is 0 Å². The molecule has 69 heavy (non-hydrogen) atoms. The monoisotopic (exact) mass is 972 g/mol. The Hall–Kier alpha value is -5.76. The summed E-state index contributed by atoms with van der Waals surface area (Å²) in [7, 11) is 6.74. The first-order valence-corrected chi connectivity index (χ1v) is 24.7. The number of ketones is 2. The molecule has 6 N–H and O–H groups in total. The Labute approximate surface area is 403 Å². The van der Waals surface area contributed by atoms with E-state index in [1.165, 1.54) is 28.8 Å². The van der Waals surface area contributed by atoms with Gasteiger partial charge >= 0.3 is 11.9 Å². The van der Waals surface area contributed by atoms with Gasteiger partial charge in [-0.3, -0.25) is 28.9 Å². The van der Waals surface area contributed by atoms with E-state index < -0.39 is 81.2 Å². The first kappa shape index (κ1) is 49.7. The molecule has 2 fully saturated rings. The zero-order valence-corrected chi connectivity index (χ0v) is 40.5. The summed E-state index contributed by atoms with van der Waals surface area (Å²) < 4.78 is 28.7. The number of fused-ring (bicyclic) bond motifs is 6. The lowest BCUT2D eigenvalue weighted by Gasteiger charge is -2.50. The number of anilines is 2. The molecule has 2 aliphatic heterocycles. The number of carbonyl (C=O) groups excluding carboxylic acids is 5. The lowest BCUT2D eigenvalue weighted by atomic mass is 9.57. The fraction of sp³-hybridized carbons (Fsp3) is 0.520. The Kier molecular flexibility index (Phi) is 14.3. The molecule has 0 radical (unpaired) electrons. The van der Waals surface area contributed by atoms with E-state index in [2.05, 4.69) is 5.32 Å². The number of thioether (sulfide) groups is 1. The van der Waals surface area contributed by atoms with Crippen molar-refractivity contribution in [1.82, 2.24) is 14.8 Å². The normalized spacial score (nSPS) is 23.0. The molecule has 1 saturated heterocycles. The number of esters is 2. The number of primary amides is 1. The number of amides is 1. The summed E-state index contributed by atoms with van der Waals surface area (Å²) in [5.41, 5.74) is 3.58. The minimum atomic E-state index is -2.72. The number of Topliss-reactive ketones (excluding diaryl/α,β-unsaturated/α-hetero) is 2. The van der Waals surface area contributed by atoms with E-state index in [1.807, 2.05) is 35.4 Å². The van der Waals surface area contributed by atoms with Crippen LogP contribution in [0.2, 0.25) is 0 Å². The van der Waals surface area contributed by atoms with E-state index in [-0.39, 0.29) is 59.1 Å². The van der Waals surface area contributed by atoms with Gasteiger partial charge in [0.25, 0.3) is 5.91 Å². The zero-order chi connectivity index (χ0) is 49.6. The second kappa shape index (κ2) is 19.9. The van der Waals surface area contributed by atoms with Gasteiger partial charge in [0.2, 0.25) is 11.2 Å². The molecular formula is C50H61FN6O11S. The van der Waals surface area contributed by atoms with Crippen LogP contribution in [0.3, 0.4) is 0 Å². The molecule has 370 valence electrons. The molecule has 5 aliphatic rings. The van der Waals surface area contributed by atoms with E-state index in [0.717, 1.165) is 51.6 Å². The summed E-state index contributed by atoms with van der Waals surface area (Å²) in [5.74, 6) is -8.36. The predicted molar refractivity (Wildman–Crippen MR) is 258 cm³/mol. The number of carbonyl (C=O) groups is 5. The Bertz CT molecular complexity index is 2750. The molecule has 8 rings (SSSR count). The smallest absolute Gasteiger partial charge is 0.344 e. The third-order valence-corrected chi connectivity index (χ3v) is 15.5. The van der Waals surface area contributed by atoms with Crippen LogP contribution < -0.4 is 31.0 Å². The van der Waals surface area contributed by atoms with Crippen molar-refractivity contribution in [1.29, 1.82) is 0 Å². The zero-order valence-electron chi connectivity index (χ0n) is 39.7. The molecule has 1 aromatic heterocycles. The topological polar surface area (TPSA) is 234 Å². The van der Waals surface area contributed by atoms with E-state index in [9.17, 15) is 44.1 Å². The Morgan fingerprint density at radius 2 is 1.64 bits per heavy atom. The van der Waals surface area contributed by atoms with Gasteiger partial charge in [0.05, 0.1) is 39.8 Å². The number of nitrogens with two attached hydrogens (primary N) is 1. The van der Waals surface area contributed by atoms with Crippen LogP contribution in [0.25, 0.3) is 16.7 Å². The standard InChI is InChI=1S/C50H61FN6O11S/c1-26-57-33-25-34(56-19-17-53-18-20-56)31(51)24-29(33)42(59)40(48(57)69-26)49(65)67-21-13-11-9-7-6-8-10-12-14-36(58)68-35-16-15-32(54(2)3)28-22-27-23-30-41(55(4)5)44(61)39(47(52)64)46(63)50(30,66)45(62)37(27)43(60)38(28)35/h15-16,24-27,30,41,53,60,63,66H,6-14,17-23H2,1-5H3,(H2,52,64)/t26?,27-,30-,41-,50-/m1/s1. The summed E-state index contributed by atoms with van der Waals surface area (Å²) in [4.78, 5) is 85.5. The Morgan fingerprint density at radius 1 is 0.971 bits per heavy atom. The number of piperazine rings is 1. The van der Waals surface area contributed by atoms with Crippen LogP contribution >= 0.6 is 11.8 Å². The van der Waals surface area contributed by atoms with Gasteiger partial charge in [-0.1, -0.05) is 50.3 Å². The summed E-state index contributed by atoms with van der Waals surface area (Å²) in [6.07, 6.45) is 6.67. The summed E-state index contributed by atoms with van der Waals surface area (Å²) in [6.45, 7) is 4.93. The number of ether oxygens (including phenoxy) is 2. The Morgan fingerprint density at radius 3 is 2.28 bits per heavy atom. The molecule has 5 atom stereocenters. The van der Waals surface area contributed by atoms with Crippen molar-refractivity contribution in [2.75, 3.05) is 70.8 Å². The molecule has 1 amide bonds. The van der Waals surface area contributed by atoms with Gasteiger partial charge in [0.1, 0.15) is 34.2 Å². The number of pyridine rings is 1. The summed E-state index contributed by atoms with van der Waals surface area (Å²) in [5, 5.41) is 39.0. The molecule has 3 heterocycles. The number of halogens is 1. The quantitative estimate of drug-likeness (QED) is 0.0513. The molecule has 1 saturated carbocycles. The van der Waals surface area contributed by atoms with Gasteiger partial charge in [0, 0.05) is 69.3 Å². The van der Waals surface area contributed by atoms with Crippen molar-refractivity contribution in [3.8, 4) is 5.75 Å². The molecule has 2 aromatic carbocycles. The second-order valence-corrected chi connectivity index (χ2v) is 20.4. The van der Waals surface area contributed by atoms with E-state index in [4.69, 9.17) is 15.2 Å². The van der Waals surface area contributed by atoms with Crippen LogP contribution in [0.1, 0.15) is 98.0 Å².